The van der Waals surface area contributed by atoms with Gasteiger partial charge in [-0.25, -0.2) is 4.98 Å². The lowest BCUT2D eigenvalue weighted by molar-refractivity contribution is -0.120. The van der Waals surface area contributed by atoms with Crippen molar-refractivity contribution >= 4 is 11.6 Å². The molecule has 0 unspecified atom stereocenters. The number of nitrogens with zero attached hydrogens (tertiary/aromatic N) is 4. The number of anilines is 1. The number of halogens is 1. The van der Waals surface area contributed by atoms with Crippen molar-refractivity contribution in [3.05, 3.63) is 72.7 Å². The van der Waals surface area contributed by atoms with Gasteiger partial charge in [-0.3, -0.25) is 14.8 Å². The Balaban J connectivity index is 1.47. The van der Waals surface area contributed by atoms with E-state index in [1.807, 2.05) is 24.3 Å². The van der Waals surface area contributed by atoms with Crippen LogP contribution < -0.4 is 4.90 Å². The van der Waals surface area contributed by atoms with Crippen LogP contribution in [0.25, 0.3) is 11.3 Å². The predicted octanol–water partition coefficient (Wildman–Crippen LogP) is 3.27. The van der Waals surface area contributed by atoms with E-state index in [-0.39, 0.29) is 11.8 Å². The van der Waals surface area contributed by atoms with E-state index < -0.39 is 5.95 Å². The molecule has 5 nitrogen and oxygen atoms in total. The van der Waals surface area contributed by atoms with Gasteiger partial charge in [-0.1, -0.05) is 6.07 Å². The van der Waals surface area contributed by atoms with Gasteiger partial charge in [0.2, 0.25) is 11.9 Å². The number of carbonyl (C=O) groups is 1. The fraction of sp³-hybridized carbons (Fsp3) is 0.200. The van der Waals surface area contributed by atoms with Gasteiger partial charge in [0.05, 0.1) is 17.6 Å². The minimum absolute atomic E-state index is 0.0767. The van der Waals surface area contributed by atoms with Gasteiger partial charge < -0.3 is 4.90 Å². The van der Waals surface area contributed by atoms with E-state index in [2.05, 4.69) is 15.0 Å². The Bertz CT molecular complexity index is 897. The smallest absolute Gasteiger partial charge is 0.230 e. The normalized spacial score (nSPS) is 16.9. The highest BCUT2D eigenvalue weighted by atomic mass is 19.1. The molecule has 26 heavy (non-hydrogen) atoms. The Labute approximate surface area is 150 Å². The molecule has 4 rings (SSSR count). The zero-order valence-corrected chi connectivity index (χ0v) is 14.0. The van der Waals surface area contributed by atoms with Gasteiger partial charge in [0.15, 0.2) is 0 Å². The molecule has 1 amide bonds. The molecule has 0 bridgehead atoms. The second-order valence-corrected chi connectivity index (χ2v) is 6.31. The molecule has 0 saturated carbocycles. The monoisotopic (exact) mass is 348 g/mol. The van der Waals surface area contributed by atoms with Crippen LogP contribution in [0.1, 0.15) is 12.0 Å². The lowest BCUT2D eigenvalue weighted by Gasteiger charge is -2.17. The molecule has 0 aliphatic carbocycles. The zero-order chi connectivity index (χ0) is 17.9. The average Bonchev–Trinajstić information content (AvgIpc) is 3.05. The van der Waals surface area contributed by atoms with E-state index in [4.69, 9.17) is 0 Å². The van der Waals surface area contributed by atoms with Crippen molar-refractivity contribution in [2.75, 3.05) is 11.4 Å². The summed E-state index contributed by atoms with van der Waals surface area (Å²) >= 11 is 0. The molecule has 1 atom stereocenters. The number of amides is 1. The van der Waals surface area contributed by atoms with E-state index in [0.717, 1.165) is 28.9 Å². The van der Waals surface area contributed by atoms with Crippen molar-refractivity contribution < 1.29 is 9.18 Å². The summed E-state index contributed by atoms with van der Waals surface area (Å²) in [5, 5.41) is 0. The molecule has 1 fully saturated rings. The highest BCUT2D eigenvalue weighted by molar-refractivity contribution is 5.97. The first kappa shape index (κ1) is 16.3. The third-order valence-electron chi connectivity index (χ3n) is 4.62. The number of aromatic nitrogens is 3. The SMILES string of the molecule is O=C1[C@H](Cc2ccc(F)nc2)CCN1c1ccc(-c2ccncc2)nc1. The minimum atomic E-state index is -0.506. The minimum Gasteiger partial charge on any atom is -0.311 e. The van der Waals surface area contributed by atoms with Crippen LogP contribution in [0.3, 0.4) is 0 Å². The topological polar surface area (TPSA) is 59.0 Å². The molecular formula is C20H17FN4O. The second-order valence-electron chi connectivity index (χ2n) is 6.31. The summed E-state index contributed by atoms with van der Waals surface area (Å²) in [4.78, 5) is 26.6. The van der Waals surface area contributed by atoms with Gasteiger partial charge in [0, 0.05) is 36.6 Å². The molecule has 130 valence electrons. The molecule has 6 heteroatoms. The van der Waals surface area contributed by atoms with Crippen LogP contribution >= 0.6 is 0 Å². The van der Waals surface area contributed by atoms with Crippen LogP contribution in [0.15, 0.2) is 61.2 Å². The summed E-state index contributed by atoms with van der Waals surface area (Å²) < 4.78 is 12.9. The maximum atomic E-state index is 12.9. The molecule has 3 aromatic rings. The molecule has 0 aromatic carbocycles. The van der Waals surface area contributed by atoms with Crippen molar-refractivity contribution in [1.82, 2.24) is 15.0 Å². The molecule has 4 heterocycles. The maximum absolute atomic E-state index is 12.9. The van der Waals surface area contributed by atoms with E-state index in [0.29, 0.717) is 13.0 Å². The van der Waals surface area contributed by atoms with Crippen molar-refractivity contribution in [3.8, 4) is 11.3 Å². The van der Waals surface area contributed by atoms with Gasteiger partial charge in [0.25, 0.3) is 0 Å². The Morgan fingerprint density at radius 1 is 1.04 bits per heavy atom. The van der Waals surface area contributed by atoms with Crippen molar-refractivity contribution in [2.45, 2.75) is 12.8 Å². The fourth-order valence-electron chi connectivity index (χ4n) is 3.24. The van der Waals surface area contributed by atoms with Crippen LogP contribution in [0.4, 0.5) is 10.1 Å². The van der Waals surface area contributed by atoms with Crippen LogP contribution in [-0.2, 0) is 11.2 Å². The lowest BCUT2D eigenvalue weighted by atomic mass is 9.99. The number of carbonyl (C=O) groups excluding carboxylic acids is 1. The van der Waals surface area contributed by atoms with Crippen LogP contribution in [0.2, 0.25) is 0 Å². The van der Waals surface area contributed by atoms with E-state index >= 15 is 0 Å². The molecular weight excluding hydrogens is 331 g/mol. The molecule has 1 saturated heterocycles. The third-order valence-corrected chi connectivity index (χ3v) is 4.62. The molecule has 0 N–H and O–H groups in total. The highest BCUT2D eigenvalue weighted by Gasteiger charge is 2.32. The van der Waals surface area contributed by atoms with Crippen LogP contribution in [-0.4, -0.2) is 27.4 Å². The van der Waals surface area contributed by atoms with Gasteiger partial charge in [0.1, 0.15) is 0 Å². The summed E-state index contributed by atoms with van der Waals surface area (Å²) in [6, 6.07) is 10.6. The van der Waals surface area contributed by atoms with Gasteiger partial charge in [-0.05, 0) is 48.7 Å². The molecule has 0 radical (unpaired) electrons. The van der Waals surface area contributed by atoms with Crippen molar-refractivity contribution in [2.24, 2.45) is 5.92 Å². The van der Waals surface area contributed by atoms with Crippen molar-refractivity contribution in [1.29, 1.82) is 0 Å². The largest absolute Gasteiger partial charge is 0.311 e. The van der Waals surface area contributed by atoms with E-state index in [9.17, 15) is 9.18 Å². The number of hydrogen-bond acceptors (Lipinski definition) is 4. The molecule has 0 spiro atoms. The van der Waals surface area contributed by atoms with Gasteiger partial charge in [-0.15, -0.1) is 0 Å². The predicted molar refractivity (Wildman–Crippen MR) is 95.8 cm³/mol. The van der Waals surface area contributed by atoms with Crippen LogP contribution in [0.5, 0.6) is 0 Å². The summed E-state index contributed by atoms with van der Waals surface area (Å²) in [5.41, 5.74) is 3.50. The highest BCUT2D eigenvalue weighted by Crippen LogP contribution is 2.28. The Morgan fingerprint density at radius 3 is 2.58 bits per heavy atom. The first-order valence-corrected chi connectivity index (χ1v) is 8.49. The number of rotatable bonds is 4. The maximum Gasteiger partial charge on any atom is 0.230 e. The Kier molecular flexibility index (Phi) is 4.39. The summed E-state index contributed by atoms with van der Waals surface area (Å²) in [6.45, 7) is 0.661. The van der Waals surface area contributed by atoms with E-state index in [1.54, 1.807) is 29.6 Å². The van der Waals surface area contributed by atoms with Crippen molar-refractivity contribution in [3.63, 3.8) is 0 Å². The lowest BCUT2D eigenvalue weighted by Crippen LogP contribution is -2.27. The summed E-state index contributed by atoms with van der Waals surface area (Å²) in [7, 11) is 0. The number of hydrogen-bond donors (Lipinski definition) is 0. The summed E-state index contributed by atoms with van der Waals surface area (Å²) in [5.74, 6) is -0.539. The third kappa shape index (κ3) is 3.31. The van der Waals surface area contributed by atoms with Gasteiger partial charge in [-0.2, -0.15) is 4.39 Å². The fourth-order valence-corrected chi connectivity index (χ4v) is 3.24. The second kappa shape index (κ2) is 7.00. The summed E-state index contributed by atoms with van der Waals surface area (Å²) in [6.07, 6.45) is 8.02. The zero-order valence-electron chi connectivity index (χ0n) is 14.0. The first-order valence-electron chi connectivity index (χ1n) is 8.49. The average molecular weight is 348 g/mol. The van der Waals surface area contributed by atoms with Gasteiger partial charge >= 0.3 is 0 Å². The molecule has 3 aromatic heterocycles. The quantitative estimate of drug-likeness (QED) is 0.679. The van der Waals surface area contributed by atoms with E-state index in [1.165, 1.54) is 12.3 Å². The number of pyridine rings is 3. The molecule has 1 aliphatic rings. The molecule has 1 aliphatic heterocycles. The van der Waals surface area contributed by atoms with Crippen LogP contribution in [0, 0.1) is 11.9 Å². The first-order chi connectivity index (χ1) is 12.7. The Morgan fingerprint density at radius 2 is 1.88 bits per heavy atom. The Hall–Kier alpha value is -3.15. The standard InChI is InChI=1S/C20H17FN4O/c21-19-4-1-14(12-24-19)11-16-7-10-25(20(16)26)17-2-3-18(23-13-17)15-5-8-22-9-6-15/h1-6,8-9,12-13,16H,7,10-11H2/t16-/m0/s1.